The molecule has 0 radical (unpaired) electrons. The zero-order valence-corrected chi connectivity index (χ0v) is 10.7. The molecule has 0 bridgehead atoms. The van der Waals surface area contributed by atoms with Crippen LogP contribution in [-0.4, -0.2) is 4.57 Å². The highest BCUT2D eigenvalue weighted by Crippen LogP contribution is 2.10. The number of fused-ring (bicyclic) bond motifs is 1. The Morgan fingerprint density at radius 3 is 2.62 bits per heavy atom. The van der Waals surface area contributed by atoms with Crippen molar-refractivity contribution in [2.45, 2.75) is 13.1 Å². The molecule has 2 nitrogen and oxygen atoms in total. The fourth-order valence-electron chi connectivity index (χ4n) is 1.81. The van der Waals surface area contributed by atoms with E-state index in [9.17, 15) is 0 Å². The van der Waals surface area contributed by atoms with Crippen LogP contribution in [0.3, 0.4) is 0 Å². The molecule has 0 aliphatic carbocycles. The van der Waals surface area contributed by atoms with Gasteiger partial charge < -0.3 is 17.0 Å². The average molecular weight is 279 g/mol. The van der Waals surface area contributed by atoms with Crippen molar-refractivity contribution < 1.29 is 21.5 Å². The number of nitrogens with zero attached hydrogens (tertiary/aromatic N) is 2. The van der Waals surface area contributed by atoms with E-state index in [2.05, 4.69) is 52.9 Å². The van der Waals surface area contributed by atoms with Crippen LogP contribution in [0, 0.1) is 0 Å². The lowest BCUT2D eigenvalue weighted by atomic mass is 10.3. The van der Waals surface area contributed by atoms with Gasteiger partial charge in [0.2, 0.25) is 6.33 Å². The summed E-state index contributed by atoms with van der Waals surface area (Å²) in [6.45, 7) is 9.21. The van der Waals surface area contributed by atoms with Crippen molar-refractivity contribution >= 4 is 11.0 Å². The van der Waals surface area contributed by atoms with Gasteiger partial charge in [-0.2, -0.15) is 0 Å². The standard InChI is InChI=1S/C13H15N2.BrH/c1-3-9-14-11-15(10-4-2)13-8-6-5-7-12(13)14;/h3-8,11H,1-2,9-10H2;1H/q+1;/p-1. The van der Waals surface area contributed by atoms with Crippen molar-refractivity contribution in [2.24, 2.45) is 0 Å². The molecule has 0 fully saturated rings. The molecular weight excluding hydrogens is 264 g/mol. The van der Waals surface area contributed by atoms with E-state index >= 15 is 0 Å². The molecule has 0 unspecified atom stereocenters. The van der Waals surface area contributed by atoms with E-state index in [4.69, 9.17) is 0 Å². The van der Waals surface area contributed by atoms with Crippen LogP contribution in [0.5, 0.6) is 0 Å². The molecule has 2 aromatic rings. The van der Waals surface area contributed by atoms with Crippen LogP contribution in [0.1, 0.15) is 0 Å². The summed E-state index contributed by atoms with van der Waals surface area (Å²) < 4.78 is 4.37. The summed E-state index contributed by atoms with van der Waals surface area (Å²) in [7, 11) is 0. The summed E-state index contributed by atoms with van der Waals surface area (Å²) in [4.78, 5) is 0. The fourth-order valence-corrected chi connectivity index (χ4v) is 1.81. The Bertz CT molecular complexity index is 456. The molecule has 0 spiro atoms. The molecule has 0 aliphatic heterocycles. The topological polar surface area (TPSA) is 8.81 Å². The fraction of sp³-hybridized carbons (Fsp3) is 0.154. The summed E-state index contributed by atoms with van der Waals surface area (Å²) in [5.41, 5.74) is 2.47. The third-order valence-corrected chi connectivity index (χ3v) is 2.43. The van der Waals surface area contributed by atoms with Crippen LogP contribution >= 0.6 is 0 Å². The molecule has 2 rings (SSSR count). The molecule has 1 aromatic carbocycles. The summed E-state index contributed by atoms with van der Waals surface area (Å²) in [6.07, 6.45) is 5.92. The van der Waals surface area contributed by atoms with Crippen molar-refractivity contribution in [3.05, 3.63) is 55.9 Å². The zero-order valence-electron chi connectivity index (χ0n) is 9.14. The van der Waals surface area contributed by atoms with E-state index in [0.717, 1.165) is 13.1 Å². The first-order valence-corrected chi connectivity index (χ1v) is 5.06. The van der Waals surface area contributed by atoms with Crippen LogP contribution in [0.15, 0.2) is 55.9 Å². The van der Waals surface area contributed by atoms with Gasteiger partial charge in [0.15, 0.2) is 11.0 Å². The quantitative estimate of drug-likeness (QED) is 0.517. The van der Waals surface area contributed by atoms with E-state index in [-0.39, 0.29) is 17.0 Å². The Hall–Kier alpha value is -1.35. The lowest BCUT2D eigenvalue weighted by molar-refractivity contribution is -0.661. The number of imidazole rings is 1. The van der Waals surface area contributed by atoms with Crippen molar-refractivity contribution in [3.8, 4) is 0 Å². The zero-order chi connectivity index (χ0) is 10.7. The van der Waals surface area contributed by atoms with Crippen molar-refractivity contribution in [2.75, 3.05) is 0 Å². The summed E-state index contributed by atoms with van der Waals surface area (Å²) in [5.74, 6) is 0. The highest BCUT2D eigenvalue weighted by atomic mass is 79.9. The van der Waals surface area contributed by atoms with Crippen molar-refractivity contribution in [1.29, 1.82) is 0 Å². The van der Waals surface area contributed by atoms with Gasteiger partial charge in [-0.15, -0.1) is 0 Å². The van der Waals surface area contributed by atoms with E-state index in [1.165, 1.54) is 11.0 Å². The Kier molecular flexibility index (Phi) is 4.50. The predicted molar refractivity (Wildman–Crippen MR) is 62.5 cm³/mol. The van der Waals surface area contributed by atoms with Gasteiger partial charge in [-0.1, -0.05) is 37.4 Å². The first kappa shape index (κ1) is 12.7. The lowest BCUT2D eigenvalue weighted by Crippen LogP contribution is -3.00. The van der Waals surface area contributed by atoms with Gasteiger partial charge in [-0.3, -0.25) is 0 Å². The van der Waals surface area contributed by atoms with Gasteiger partial charge in [-0.25, -0.2) is 9.13 Å². The highest BCUT2D eigenvalue weighted by Gasteiger charge is 2.12. The van der Waals surface area contributed by atoms with E-state index in [1.54, 1.807) is 0 Å². The minimum atomic E-state index is 0. The maximum absolute atomic E-state index is 3.77. The van der Waals surface area contributed by atoms with Gasteiger partial charge in [-0.05, 0) is 12.1 Å². The van der Waals surface area contributed by atoms with E-state index in [0.29, 0.717) is 0 Å². The first-order chi connectivity index (χ1) is 7.36. The molecular formula is C13H15BrN2. The Morgan fingerprint density at radius 1 is 1.19 bits per heavy atom. The summed E-state index contributed by atoms with van der Waals surface area (Å²) in [5, 5.41) is 0. The van der Waals surface area contributed by atoms with E-state index in [1.807, 2.05) is 12.2 Å². The number of hydrogen-bond donors (Lipinski definition) is 0. The molecule has 0 saturated carbocycles. The number of aromatic nitrogens is 2. The normalized spacial score (nSPS) is 9.75. The summed E-state index contributed by atoms with van der Waals surface area (Å²) in [6, 6.07) is 8.36. The van der Waals surface area contributed by atoms with Gasteiger partial charge in [0.25, 0.3) is 0 Å². The second kappa shape index (κ2) is 5.66. The highest BCUT2D eigenvalue weighted by molar-refractivity contribution is 5.71. The lowest BCUT2D eigenvalue weighted by Gasteiger charge is -1.89. The Balaban J connectivity index is 0.00000128. The van der Waals surface area contributed by atoms with Crippen molar-refractivity contribution in [1.82, 2.24) is 4.57 Å². The van der Waals surface area contributed by atoms with Crippen LogP contribution in [0.4, 0.5) is 0 Å². The third kappa shape index (κ3) is 2.25. The first-order valence-electron chi connectivity index (χ1n) is 5.06. The number of para-hydroxylation sites is 2. The molecule has 1 heterocycles. The second-order valence-corrected chi connectivity index (χ2v) is 3.49. The Morgan fingerprint density at radius 2 is 1.94 bits per heavy atom. The van der Waals surface area contributed by atoms with Crippen LogP contribution in [0.25, 0.3) is 11.0 Å². The molecule has 0 aliphatic rings. The number of rotatable bonds is 4. The molecule has 0 N–H and O–H groups in total. The molecule has 84 valence electrons. The van der Waals surface area contributed by atoms with Crippen LogP contribution in [0.2, 0.25) is 0 Å². The molecule has 0 atom stereocenters. The van der Waals surface area contributed by atoms with Gasteiger partial charge in [0.1, 0.15) is 13.1 Å². The number of allylic oxidation sites excluding steroid dienone is 2. The smallest absolute Gasteiger partial charge is 0.245 e. The SMILES string of the molecule is C=CCn1c[n+](CC=C)c2ccccc21.[Br-]. The molecule has 16 heavy (non-hydrogen) atoms. The van der Waals surface area contributed by atoms with Gasteiger partial charge in [0.05, 0.1) is 0 Å². The minimum absolute atomic E-state index is 0. The number of hydrogen-bond acceptors (Lipinski definition) is 0. The predicted octanol–water partition coefficient (Wildman–Crippen LogP) is -0.695. The summed E-state index contributed by atoms with van der Waals surface area (Å²) >= 11 is 0. The molecule has 1 aromatic heterocycles. The number of halogens is 1. The second-order valence-electron chi connectivity index (χ2n) is 3.49. The average Bonchev–Trinajstić information content (AvgIpc) is 2.59. The van der Waals surface area contributed by atoms with Gasteiger partial charge in [0, 0.05) is 0 Å². The van der Waals surface area contributed by atoms with Crippen molar-refractivity contribution in [3.63, 3.8) is 0 Å². The monoisotopic (exact) mass is 278 g/mol. The molecule has 3 heteroatoms. The third-order valence-electron chi connectivity index (χ3n) is 2.43. The molecule has 0 amide bonds. The minimum Gasteiger partial charge on any atom is -1.00 e. The maximum Gasteiger partial charge on any atom is 0.245 e. The van der Waals surface area contributed by atoms with E-state index < -0.39 is 0 Å². The largest absolute Gasteiger partial charge is 1.00 e. The van der Waals surface area contributed by atoms with Crippen LogP contribution in [-0.2, 0) is 13.1 Å². The van der Waals surface area contributed by atoms with Crippen LogP contribution < -0.4 is 21.5 Å². The van der Waals surface area contributed by atoms with Gasteiger partial charge >= 0.3 is 0 Å². The number of benzene rings is 1. The maximum atomic E-state index is 3.77. The Labute approximate surface area is 106 Å². The molecule has 0 saturated heterocycles.